The predicted octanol–water partition coefficient (Wildman–Crippen LogP) is 6.31. The second kappa shape index (κ2) is 21.6. The monoisotopic (exact) mass is 465 g/mol. The molecule has 6 nitrogen and oxygen atoms in total. The largest absolute Gasteiger partial charge is 0.397 e. The summed E-state index contributed by atoms with van der Waals surface area (Å²) < 4.78 is 36.5. The summed E-state index contributed by atoms with van der Waals surface area (Å²) in [6.07, 6.45) is 22.0. The van der Waals surface area contributed by atoms with Crippen molar-refractivity contribution in [3.05, 3.63) is 0 Å². The van der Waals surface area contributed by atoms with Crippen LogP contribution < -0.4 is 5.32 Å². The number of ether oxygens (including phenoxy) is 1. The summed E-state index contributed by atoms with van der Waals surface area (Å²) in [5, 5.41) is 3.44. The fourth-order valence-corrected chi connectivity index (χ4v) is 4.24. The van der Waals surface area contributed by atoms with Gasteiger partial charge in [-0.2, -0.15) is 8.42 Å². The van der Waals surface area contributed by atoms with Crippen LogP contribution in [0, 0.1) is 5.92 Å². The SMILES string of the molecule is CCCCCCCCCCCCCCCCC(C)C1CNCCO1.CCOS(=O)(=O)O. The van der Waals surface area contributed by atoms with Crippen molar-refractivity contribution in [1.29, 1.82) is 0 Å². The van der Waals surface area contributed by atoms with Crippen molar-refractivity contribution >= 4 is 10.4 Å². The van der Waals surface area contributed by atoms with Gasteiger partial charge in [0.1, 0.15) is 0 Å². The zero-order chi connectivity index (χ0) is 23.2. The number of rotatable bonds is 18. The first-order chi connectivity index (χ1) is 14.9. The van der Waals surface area contributed by atoms with Crippen molar-refractivity contribution in [2.75, 3.05) is 26.3 Å². The lowest BCUT2D eigenvalue weighted by atomic mass is 9.96. The molecule has 1 aliphatic rings. The fraction of sp³-hybridized carbons (Fsp3) is 1.00. The first kappa shape index (κ1) is 30.8. The van der Waals surface area contributed by atoms with E-state index >= 15 is 0 Å². The molecule has 0 radical (unpaired) electrons. The summed E-state index contributed by atoms with van der Waals surface area (Å²) in [5.41, 5.74) is 0. The van der Waals surface area contributed by atoms with E-state index in [-0.39, 0.29) is 6.61 Å². The maximum Gasteiger partial charge on any atom is 0.397 e. The van der Waals surface area contributed by atoms with Gasteiger partial charge in [-0.1, -0.05) is 104 Å². The Kier molecular flexibility index (Phi) is 21.5. The molecule has 0 spiro atoms. The molecule has 7 heteroatoms. The molecule has 1 heterocycles. The molecule has 0 saturated carbocycles. The molecule has 0 amide bonds. The van der Waals surface area contributed by atoms with Gasteiger partial charge in [-0.3, -0.25) is 4.55 Å². The van der Waals surface area contributed by atoms with E-state index < -0.39 is 10.4 Å². The van der Waals surface area contributed by atoms with Gasteiger partial charge in [-0.05, 0) is 19.3 Å². The van der Waals surface area contributed by atoms with Gasteiger partial charge >= 0.3 is 10.4 Å². The van der Waals surface area contributed by atoms with Crippen LogP contribution in [0.25, 0.3) is 0 Å². The first-order valence-corrected chi connectivity index (χ1v) is 14.2. The quantitative estimate of drug-likeness (QED) is 0.182. The third kappa shape index (κ3) is 22.8. The van der Waals surface area contributed by atoms with Crippen LogP contribution in [0.2, 0.25) is 0 Å². The Bertz CT molecular complexity index is 467. The van der Waals surface area contributed by atoms with Crippen LogP contribution in [0.5, 0.6) is 0 Å². The van der Waals surface area contributed by atoms with Gasteiger partial charge in [-0.25, -0.2) is 4.18 Å². The van der Waals surface area contributed by atoms with Crippen molar-refractivity contribution in [2.45, 2.75) is 123 Å². The predicted molar refractivity (Wildman–Crippen MR) is 130 cm³/mol. The van der Waals surface area contributed by atoms with Crippen LogP contribution in [0.1, 0.15) is 117 Å². The molecule has 188 valence electrons. The number of unbranched alkanes of at least 4 members (excludes halogenated alkanes) is 13. The molecule has 0 aromatic carbocycles. The molecule has 0 bridgehead atoms. The highest BCUT2D eigenvalue weighted by atomic mass is 32.3. The summed E-state index contributed by atoms with van der Waals surface area (Å²) >= 11 is 0. The van der Waals surface area contributed by atoms with E-state index in [0.29, 0.717) is 6.10 Å². The molecule has 1 aliphatic heterocycles. The summed E-state index contributed by atoms with van der Waals surface area (Å²) in [5.74, 6) is 0.718. The Hall–Kier alpha value is -0.210. The number of morpholine rings is 1. The molecule has 2 atom stereocenters. The normalized spacial score (nSPS) is 17.7. The van der Waals surface area contributed by atoms with Crippen LogP contribution in [0.15, 0.2) is 0 Å². The zero-order valence-corrected chi connectivity index (χ0v) is 21.4. The summed E-state index contributed by atoms with van der Waals surface area (Å²) in [6.45, 7) is 9.07. The van der Waals surface area contributed by atoms with Gasteiger partial charge in [0.2, 0.25) is 0 Å². The third-order valence-electron chi connectivity index (χ3n) is 5.87. The standard InChI is InChI=1S/C22H45NO.C2H6O4S/c1-3-4-5-6-7-8-9-10-11-12-13-14-15-16-17-21(2)22-20-23-18-19-24-22;1-2-6-7(3,4)5/h21-23H,3-20H2,1-2H3;2H2,1H3,(H,3,4,5). The van der Waals surface area contributed by atoms with Gasteiger partial charge in [0.25, 0.3) is 0 Å². The van der Waals surface area contributed by atoms with Gasteiger partial charge in [0.05, 0.1) is 19.3 Å². The Morgan fingerprint density at radius 3 is 1.74 bits per heavy atom. The van der Waals surface area contributed by atoms with E-state index in [9.17, 15) is 8.42 Å². The van der Waals surface area contributed by atoms with Gasteiger partial charge in [0.15, 0.2) is 0 Å². The van der Waals surface area contributed by atoms with Crippen molar-refractivity contribution in [1.82, 2.24) is 5.32 Å². The van der Waals surface area contributed by atoms with Crippen LogP contribution in [-0.4, -0.2) is 45.4 Å². The molecular weight excluding hydrogens is 414 g/mol. The van der Waals surface area contributed by atoms with Crippen molar-refractivity contribution in [3.8, 4) is 0 Å². The zero-order valence-electron chi connectivity index (χ0n) is 20.6. The fourth-order valence-electron chi connectivity index (χ4n) is 3.95. The minimum atomic E-state index is -4.17. The topological polar surface area (TPSA) is 84.9 Å². The average Bonchev–Trinajstić information content (AvgIpc) is 2.74. The second-order valence-corrected chi connectivity index (χ2v) is 9.90. The number of hydrogen-bond acceptors (Lipinski definition) is 5. The van der Waals surface area contributed by atoms with Crippen molar-refractivity contribution < 1.29 is 21.9 Å². The Balaban J connectivity index is 0.00000110. The molecule has 0 aliphatic carbocycles. The second-order valence-electron chi connectivity index (χ2n) is 8.81. The summed E-state index contributed by atoms with van der Waals surface area (Å²) in [4.78, 5) is 0. The van der Waals surface area contributed by atoms with Crippen LogP contribution in [0.3, 0.4) is 0 Å². The van der Waals surface area contributed by atoms with E-state index in [1.807, 2.05) is 0 Å². The smallest absolute Gasteiger partial charge is 0.375 e. The van der Waals surface area contributed by atoms with E-state index in [2.05, 4.69) is 23.3 Å². The van der Waals surface area contributed by atoms with Crippen LogP contribution in [-0.2, 0) is 19.3 Å². The van der Waals surface area contributed by atoms with E-state index in [1.165, 1.54) is 103 Å². The van der Waals surface area contributed by atoms with E-state index in [4.69, 9.17) is 9.29 Å². The maximum absolute atomic E-state index is 9.56. The lowest BCUT2D eigenvalue weighted by Crippen LogP contribution is -2.41. The third-order valence-corrected chi connectivity index (χ3v) is 6.40. The minimum absolute atomic E-state index is 0.0289. The highest BCUT2D eigenvalue weighted by Gasteiger charge is 2.19. The molecule has 1 fully saturated rings. The molecule has 2 N–H and O–H groups in total. The highest BCUT2D eigenvalue weighted by Crippen LogP contribution is 2.18. The average molecular weight is 466 g/mol. The summed E-state index contributed by atoms with van der Waals surface area (Å²) in [7, 11) is -4.17. The Labute approximate surface area is 193 Å². The van der Waals surface area contributed by atoms with Gasteiger partial charge in [0, 0.05) is 13.1 Å². The molecule has 0 aromatic rings. The lowest BCUT2D eigenvalue weighted by molar-refractivity contribution is -0.00692. The number of hydrogen-bond donors (Lipinski definition) is 2. The van der Waals surface area contributed by atoms with Crippen LogP contribution in [0.4, 0.5) is 0 Å². The first-order valence-electron chi connectivity index (χ1n) is 12.8. The molecule has 0 aromatic heterocycles. The van der Waals surface area contributed by atoms with E-state index in [1.54, 1.807) is 0 Å². The van der Waals surface area contributed by atoms with Crippen molar-refractivity contribution in [2.24, 2.45) is 5.92 Å². The molecule has 1 rings (SSSR count). The highest BCUT2D eigenvalue weighted by molar-refractivity contribution is 7.80. The maximum atomic E-state index is 9.56. The van der Waals surface area contributed by atoms with Gasteiger partial charge in [-0.15, -0.1) is 0 Å². The molecular formula is C24H51NO5S. The van der Waals surface area contributed by atoms with Gasteiger partial charge < -0.3 is 10.1 Å². The van der Waals surface area contributed by atoms with E-state index in [0.717, 1.165) is 25.6 Å². The van der Waals surface area contributed by atoms with Crippen molar-refractivity contribution in [3.63, 3.8) is 0 Å². The summed E-state index contributed by atoms with van der Waals surface area (Å²) in [6, 6.07) is 0. The lowest BCUT2D eigenvalue weighted by Gasteiger charge is -2.28. The molecule has 2 unspecified atom stereocenters. The Morgan fingerprint density at radius 1 is 0.903 bits per heavy atom. The number of nitrogens with one attached hydrogen (secondary N) is 1. The Morgan fingerprint density at radius 2 is 1.39 bits per heavy atom. The minimum Gasteiger partial charge on any atom is -0.375 e. The molecule has 31 heavy (non-hydrogen) atoms. The molecule has 1 saturated heterocycles. The van der Waals surface area contributed by atoms with Crippen LogP contribution >= 0.6 is 0 Å².